The SMILES string of the molecule is COC(=O)/C(Cc1cc(Br)c(O)c(-c2cc(C/C(=N\O)C(=O)OC)cc(Br)c2O)c1)=N/O. The highest BCUT2D eigenvalue weighted by Gasteiger charge is 2.21. The first-order valence-corrected chi connectivity index (χ1v) is 10.4. The number of carbonyl (C=O) groups is 2. The van der Waals surface area contributed by atoms with Crippen LogP contribution in [0.5, 0.6) is 11.5 Å². The number of aromatic hydroxyl groups is 2. The van der Waals surface area contributed by atoms with Gasteiger partial charge < -0.3 is 30.1 Å². The third-order valence-corrected chi connectivity index (χ3v) is 5.57. The summed E-state index contributed by atoms with van der Waals surface area (Å²) in [5.74, 6) is -2.08. The minimum Gasteiger partial charge on any atom is -0.506 e. The van der Waals surface area contributed by atoms with Crippen LogP contribution < -0.4 is 0 Å². The molecule has 0 saturated heterocycles. The molecule has 10 nitrogen and oxygen atoms in total. The summed E-state index contributed by atoms with van der Waals surface area (Å²) < 4.78 is 9.63. The van der Waals surface area contributed by atoms with E-state index in [0.717, 1.165) is 14.2 Å². The summed E-state index contributed by atoms with van der Waals surface area (Å²) >= 11 is 6.45. The lowest BCUT2D eigenvalue weighted by molar-refractivity contribution is -0.133. The molecule has 0 aliphatic heterocycles. The number of rotatable bonds is 7. The zero-order valence-electron chi connectivity index (χ0n) is 16.8. The van der Waals surface area contributed by atoms with E-state index in [0.29, 0.717) is 11.1 Å². The molecule has 32 heavy (non-hydrogen) atoms. The smallest absolute Gasteiger partial charge is 0.356 e. The Hall–Kier alpha value is -3.12. The third-order valence-electron chi connectivity index (χ3n) is 4.36. The molecule has 0 amide bonds. The predicted molar refractivity (Wildman–Crippen MR) is 120 cm³/mol. The zero-order valence-corrected chi connectivity index (χ0v) is 20.0. The molecule has 0 heterocycles. The fourth-order valence-corrected chi connectivity index (χ4v) is 3.86. The van der Waals surface area contributed by atoms with Crippen LogP contribution in [0.3, 0.4) is 0 Å². The Morgan fingerprint density at radius 1 is 0.781 bits per heavy atom. The van der Waals surface area contributed by atoms with Gasteiger partial charge in [-0.15, -0.1) is 0 Å². The molecular formula is C20H18Br2N2O8. The van der Waals surface area contributed by atoms with Crippen molar-refractivity contribution in [3.63, 3.8) is 0 Å². The summed E-state index contributed by atoms with van der Waals surface area (Å²) in [6.07, 6.45) is -0.249. The van der Waals surface area contributed by atoms with Gasteiger partial charge in [0.25, 0.3) is 0 Å². The number of benzene rings is 2. The van der Waals surface area contributed by atoms with E-state index in [-0.39, 0.29) is 55.8 Å². The number of carbonyl (C=O) groups excluding carboxylic acids is 2. The fraction of sp³-hybridized carbons (Fsp3) is 0.200. The van der Waals surface area contributed by atoms with E-state index in [1.807, 2.05) is 0 Å². The van der Waals surface area contributed by atoms with Crippen molar-refractivity contribution < 1.29 is 39.7 Å². The van der Waals surface area contributed by atoms with E-state index >= 15 is 0 Å². The van der Waals surface area contributed by atoms with Gasteiger partial charge in [-0.25, -0.2) is 9.59 Å². The van der Waals surface area contributed by atoms with E-state index in [1.165, 1.54) is 24.3 Å². The van der Waals surface area contributed by atoms with Crippen molar-refractivity contribution in [3.05, 3.63) is 44.3 Å². The van der Waals surface area contributed by atoms with Crippen molar-refractivity contribution >= 4 is 55.2 Å². The molecule has 0 bridgehead atoms. The number of ether oxygens (including phenoxy) is 2. The van der Waals surface area contributed by atoms with Gasteiger partial charge in [0.05, 0.1) is 23.2 Å². The van der Waals surface area contributed by atoms with Gasteiger partial charge in [0, 0.05) is 24.0 Å². The van der Waals surface area contributed by atoms with E-state index in [1.54, 1.807) is 0 Å². The van der Waals surface area contributed by atoms with Crippen molar-refractivity contribution in [1.82, 2.24) is 0 Å². The van der Waals surface area contributed by atoms with Gasteiger partial charge in [0.2, 0.25) is 0 Å². The van der Waals surface area contributed by atoms with Crippen LogP contribution in [0.4, 0.5) is 0 Å². The van der Waals surface area contributed by atoms with Crippen molar-refractivity contribution in [2.24, 2.45) is 10.3 Å². The van der Waals surface area contributed by atoms with Crippen LogP contribution in [-0.4, -0.2) is 58.2 Å². The third kappa shape index (κ3) is 5.56. The molecule has 2 aromatic carbocycles. The molecule has 0 aliphatic rings. The van der Waals surface area contributed by atoms with Gasteiger partial charge in [0.1, 0.15) is 11.5 Å². The molecule has 0 spiro atoms. The second-order valence-electron chi connectivity index (χ2n) is 6.38. The second-order valence-corrected chi connectivity index (χ2v) is 8.09. The maximum atomic E-state index is 11.7. The zero-order chi connectivity index (χ0) is 24.0. The number of phenols is 2. The number of halogens is 2. The number of oxime groups is 2. The summed E-state index contributed by atoms with van der Waals surface area (Å²) in [4.78, 5) is 23.4. The van der Waals surface area contributed by atoms with Crippen LogP contribution in [0.2, 0.25) is 0 Å². The van der Waals surface area contributed by atoms with Gasteiger partial charge in [-0.2, -0.15) is 0 Å². The van der Waals surface area contributed by atoms with Gasteiger partial charge in [-0.1, -0.05) is 10.3 Å². The molecule has 0 fully saturated rings. The van der Waals surface area contributed by atoms with Crippen molar-refractivity contribution in [2.45, 2.75) is 12.8 Å². The Morgan fingerprint density at radius 2 is 1.12 bits per heavy atom. The van der Waals surface area contributed by atoms with Crippen LogP contribution in [0.25, 0.3) is 11.1 Å². The Labute approximate surface area is 199 Å². The Kier molecular flexibility index (Phi) is 8.61. The molecule has 0 radical (unpaired) electrons. The number of hydrogen-bond acceptors (Lipinski definition) is 10. The lowest BCUT2D eigenvalue weighted by Crippen LogP contribution is -2.18. The topological polar surface area (TPSA) is 158 Å². The average Bonchev–Trinajstić information content (AvgIpc) is 2.79. The monoisotopic (exact) mass is 572 g/mol. The molecule has 2 rings (SSSR count). The van der Waals surface area contributed by atoms with Gasteiger partial charge in [0.15, 0.2) is 11.4 Å². The van der Waals surface area contributed by atoms with Gasteiger partial charge in [-0.3, -0.25) is 0 Å². The summed E-state index contributed by atoms with van der Waals surface area (Å²) in [6, 6.07) is 6.00. The van der Waals surface area contributed by atoms with E-state index in [2.05, 4.69) is 51.6 Å². The Balaban J connectivity index is 2.59. The van der Waals surface area contributed by atoms with E-state index in [4.69, 9.17) is 10.4 Å². The molecule has 170 valence electrons. The molecule has 12 heteroatoms. The lowest BCUT2D eigenvalue weighted by atomic mass is 9.96. The van der Waals surface area contributed by atoms with Crippen molar-refractivity contribution in [3.8, 4) is 22.6 Å². The number of methoxy groups -OCH3 is 2. The van der Waals surface area contributed by atoms with E-state index < -0.39 is 11.9 Å². The standard InChI is InChI=1S/C20H18Br2N2O8/c1-31-19(27)15(23-29)7-9-3-11(17(25)13(21)5-9)12-4-10(6-14(22)18(12)26)8-16(24-30)20(28)32-2/h3-6,25-26,29-30H,7-8H2,1-2H3/b23-15+,24-16+. The maximum Gasteiger partial charge on any atom is 0.356 e. The van der Waals surface area contributed by atoms with Crippen LogP contribution >= 0.6 is 31.9 Å². The number of phenolic OH excluding ortho intramolecular Hbond substituents is 2. The van der Waals surface area contributed by atoms with Crippen molar-refractivity contribution in [2.75, 3.05) is 14.2 Å². The molecule has 4 N–H and O–H groups in total. The predicted octanol–water partition coefficient (Wildman–Crippen LogP) is 3.38. The van der Waals surface area contributed by atoms with Gasteiger partial charge >= 0.3 is 11.9 Å². The first-order valence-electron chi connectivity index (χ1n) is 8.78. The highest BCUT2D eigenvalue weighted by atomic mass is 79.9. The van der Waals surface area contributed by atoms with E-state index in [9.17, 15) is 19.8 Å². The summed E-state index contributed by atoms with van der Waals surface area (Å²) in [5, 5.41) is 45.3. The molecule has 0 saturated carbocycles. The lowest BCUT2D eigenvalue weighted by Gasteiger charge is -2.14. The van der Waals surface area contributed by atoms with Crippen LogP contribution in [0, 0.1) is 0 Å². The second kappa shape index (κ2) is 11.0. The molecular weight excluding hydrogens is 556 g/mol. The minimum absolute atomic E-state index is 0.125. The number of nitrogens with zero attached hydrogens (tertiary/aromatic N) is 2. The van der Waals surface area contributed by atoms with Crippen molar-refractivity contribution in [1.29, 1.82) is 0 Å². The fourth-order valence-electron chi connectivity index (χ4n) is 2.84. The minimum atomic E-state index is -0.829. The summed E-state index contributed by atoms with van der Waals surface area (Å²) in [5.41, 5.74) is 0.732. The highest BCUT2D eigenvalue weighted by Crippen LogP contribution is 2.43. The Bertz CT molecular complexity index is 1030. The largest absolute Gasteiger partial charge is 0.506 e. The summed E-state index contributed by atoms with van der Waals surface area (Å²) in [7, 11) is 2.29. The first-order chi connectivity index (χ1) is 15.2. The van der Waals surface area contributed by atoms with Crippen LogP contribution in [0.15, 0.2) is 43.5 Å². The number of hydrogen-bond donors (Lipinski definition) is 4. The molecule has 0 unspecified atom stereocenters. The van der Waals surface area contributed by atoms with Crippen LogP contribution in [0.1, 0.15) is 11.1 Å². The molecule has 0 aliphatic carbocycles. The molecule has 2 aromatic rings. The van der Waals surface area contributed by atoms with Crippen LogP contribution in [-0.2, 0) is 31.9 Å². The summed E-state index contributed by atoms with van der Waals surface area (Å²) in [6.45, 7) is 0. The van der Waals surface area contributed by atoms with Gasteiger partial charge in [-0.05, 0) is 67.3 Å². The maximum absolute atomic E-state index is 11.7. The Morgan fingerprint density at radius 3 is 1.41 bits per heavy atom. The quantitative estimate of drug-likeness (QED) is 0.170. The first kappa shape index (κ1) is 25.1. The normalized spacial score (nSPS) is 11.9. The number of esters is 2. The highest BCUT2D eigenvalue weighted by molar-refractivity contribution is 9.11. The average molecular weight is 574 g/mol. The molecule has 0 atom stereocenters. The molecule has 0 aromatic heterocycles.